The number of halogens is 1. The highest BCUT2D eigenvalue weighted by Gasteiger charge is 2.33. The molecule has 1 aromatic carbocycles. The van der Waals surface area contributed by atoms with Crippen molar-refractivity contribution in [1.82, 2.24) is 5.32 Å². The second-order valence-electron chi connectivity index (χ2n) is 5.84. The summed E-state index contributed by atoms with van der Waals surface area (Å²) in [7, 11) is 0. The third-order valence-electron chi connectivity index (χ3n) is 2.75. The summed E-state index contributed by atoms with van der Waals surface area (Å²) < 4.78 is 10.0. The number of ether oxygens (including phenoxy) is 2. The first kappa shape index (κ1) is 19.3. The van der Waals surface area contributed by atoms with Gasteiger partial charge in [0, 0.05) is 10.6 Å². The van der Waals surface area contributed by atoms with Gasteiger partial charge in [0.15, 0.2) is 6.04 Å². The fourth-order valence-electron chi connectivity index (χ4n) is 1.83. The molecule has 23 heavy (non-hydrogen) atoms. The average molecular weight is 344 g/mol. The molecule has 2 atom stereocenters. The lowest BCUT2D eigenvalue weighted by Crippen LogP contribution is -2.47. The molecule has 0 radical (unpaired) electrons. The van der Waals surface area contributed by atoms with Crippen molar-refractivity contribution >= 4 is 23.7 Å². The summed E-state index contributed by atoms with van der Waals surface area (Å²) in [5.41, 5.74) is -0.429. The van der Waals surface area contributed by atoms with E-state index in [1.165, 1.54) is 0 Å². The Balaban J connectivity index is 2.99. The zero-order valence-electron chi connectivity index (χ0n) is 13.6. The normalized spacial score (nSPS) is 13.8. The highest BCUT2D eigenvalue weighted by Crippen LogP contribution is 2.25. The van der Waals surface area contributed by atoms with Gasteiger partial charge in [-0.25, -0.2) is 9.59 Å². The minimum atomic E-state index is -1.37. The van der Waals surface area contributed by atoms with Crippen molar-refractivity contribution in [2.75, 3.05) is 6.61 Å². The number of hydrogen-bond acceptors (Lipinski definition) is 5. The molecule has 1 rings (SSSR count). The van der Waals surface area contributed by atoms with E-state index >= 15 is 0 Å². The monoisotopic (exact) mass is 343 g/mol. The molecular weight excluding hydrogens is 322 g/mol. The number of esters is 1. The van der Waals surface area contributed by atoms with E-state index in [1.807, 2.05) is 0 Å². The van der Waals surface area contributed by atoms with Crippen molar-refractivity contribution in [3.05, 3.63) is 34.9 Å². The van der Waals surface area contributed by atoms with E-state index in [-0.39, 0.29) is 11.6 Å². The molecule has 0 aliphatic rings. The predicted molar refractivity (Wildman–Crippen MR) is 86.2 cm³/mol. The van der Waals surface area contributed by atoms with Crippen molar-refractivity contribution in [3.63, 3.8) is 0 Å². The van der Waals surface area contributed by atoms with Crippen molar-refractivity contribution in [2.24, 2.45) is 0 Å². The lowest BCUT2D eigenvalue weighted by molar-refractivity contribution is -0.148. The maximum absolute atomic E-state index is 12.1. The molecule has 6 nitrogen and oxygen atoms in total. The molecular formula is C16H22ClNO5. The van der Waals surface area contributed by atoms with Crippen LogP contribution in [0.2, 0.25) is 5.02 Å². The number of aliphatic hydroxyl groups excluding tert-OH is 1. The second kappa shape index (κ2) is 8.17. The van der Waals surface area contributed by atoms with Crippen LogP contribution < -0.4 is 5.32 Å². The van der Waals surface area contributed by atoms with Crippen LogP contribution in [0.1, 0.15) is 39.4 Å². The molecule has 0 aliphatic heterocycles. The van der Waals surface area contributed by atoms with E-state index in [0.717, 1.165) is 0 Å². The van der Waals surface area contributed by atoms with Gasteiger partial charge in [0.25, 0.3) is 0 Å². The number of alkyl carbamates (subject to hydrolysis) is 1. The Labute approximate surface area is 140 Å². The summed E-state index contributed by atoms with van der Waals surface area (Å²) in [5.74, 6) is -0.772. The third-order valence-corrected chi connectivity index (χ3v) is 3.10. The van der Waals surface area contributed by atoms with Gasteiger partial charge in [-0.2, -0.15) is 0 Å². The van der Waals surface area contributed by atoms with Crippen molar-refractivity contribution in [1.29, 1.82) is 0 Å². The van der Waals surface area contributed by atoms with Crippen LogP contribution in [0.5, 0.6) is 0 Å². The lowest BCUT2D eigenvalue weighted by atomic mass is 10.0. The Hall–Kier alpha value is -1.79. The third kappa shape index (κ3) is 6.08. The molecule has 0 spiro atoms. The summed E-state index contributed by atoms with van der Waals surface area (Å²) in [6, 6.07) is 5.18. The van der Waals surface area contributed by atoms with Gasteiger partial charge in [-0.15, -0.1) is 0 Å². The number of nitrogens with one attached hydrogen (secondary N) is 1. The Kier molecular flexibility index (Phi) is 6.84. The summed E-state index contributed by atoms with van der Waals surface area (Å²) in [6.45, 7) is 6.81. The highest BCUT2D eigenvalue weighted by molar-refractivity contribution is 6.31. The summed E-state index contributed by atoms with van der Waals surface area (Å²) >= 11 is 6.03. The van der Waals surface area contributed by atoms with Gasteiger partial charge in [0.1, 0.15) is 11.7 Å². The SMILES string of the molecule is CCOC(=O)[C@@H](NC(=O)OC(C)(C)C)[C@H](O)c1ccccc1Cl. The van der Waals surface area contributed by atoms with Crippen molar-refractivity contribution < 1.29 is 24.2 Å². The lowest BCUT2D eigenvalue weighted by Gasteiger charge is -2.26. The first-order valence-corrected chi connectivity index (χ1v) is 7.62. The summed E-state index contributed by atoms with van der Waals surface area (Å²) in [4.78, 5) is 24.0. The summed E-state index contributed by atoms with van der Waals surface area (Å²) in [6.07, 6.45) is -2.20. The fraction of sp³-hybridized carbons (Fsp3) is 0.500. The molecule has 128 valence electrons. The van der Waals surface area contributed by atoms with Crippen LogP contribution in [-0.2, 0) is 14.3 Å². The highest BCUT2D eigenvalue weighted by atomic mass is 35.5. The van der Waals surface area contributed by atoms with Gasteiger partial charge in [-0.3, -0.25) is 0 Å². The van der Waals surface area contributed by atoms with Crippen LogP contribution in [0.15, 0.2) is 24.3 Å². The molecule has 0 fully saturated rings. The van der Waals surface area contributed by atoms with Gasteiger partial charge in [0.2, 0.25) is 0 Å². The zero-order valence-corrected chi connectivity index (χ0v) is 14.4. The molecule has 0 bridgehead atoms. The van der Waals surface area contributed by atoms with E-state index < -0.39 is 29.8 Å². The van der Waals surface area contributed by atoms with Gasteiger partial charge in [-0.05, 0) is 33.8 Å². The van der Waals surface area contributed by atoms with Gasteiger partial charge >= 0.3 is 12.1 Å². The second-order valence-corrected chi connectivity index (χ2v) is 6.25. The van der Waals surface area contributed by atoms with E-state index in [0.29, 0.717) is 5.56 Å². The van der Waals surface area contributed by atoms with Crippen LogP contribution in [0, 0.1) is 0 Å². The molecule has 7 heteroatoms. The molecule has 1 aromatic rings. The van der Waals surface area contributed by atoms with Crippen LogP contribution in [0.3, 0.4) is 0 Å². The van der Waals surface area contributed by atoms with Crippen LogP contribution in [0.25, 0.3) is 0 Å². The minimum Gasteiger partial charge on any atom is -0.464 e. The average Bonchev–Trinajstić information content (AvgIpc) is 2.43. The Morgan fingerprint density at radius 2 is 1.91 bits per heavy atom. The number of hydrogen-bond donors (Lipinski definition) is 2. The molecule has 2 N–H and O–H groups in total. The largest absolute Gasteiger partial charge is 0.464 e. The fourth-order valence-corrected chi connectivity index (χ4v) is 2.08. The molecule has 1 amide bonds. The molecule has 0 aromatic heterocycles. The van der Waals surface area contributed by atoms with E-state index in [1.54, 1.807) is 52.0 Å². The Morgan fingerprint density at radius 3 is 2.43 bits per heavy atom. The molecule has 0 unspecified atom stereocenters. The number of amides is 1. The standard InChI is InChI=1S/C16H22ClNO5/c1-5-22-14(20)12(18-15(21)23-16(2,3)4)13(19)10-8-6-7-9-11(10)17/h6-9,12-13,19H,5H2,1-4H3,(H,18,21)/t12-,13+/m0/s1. The predicted octanol–water partition coefficient (Wildman–Crippen LogP) is 2.83. The minimum absolute atomic E-state index is 0.112. The van der Waals surface area contributed by atoms with Crippen LogP contribution >= 0.6 is 11.6 Å². The van der Waals surface area contributed by atoms with Gasteiger partial charge in [-0.1, -0.05) is 29.8 Å². The summed E-state index contributed by atoms with van der Waals surface area (Å²) in [5, 5.41) is 13.1. The van der Waals surface area contributed by atoms with E-state index in [2.05, 4.69) is 5.32 Å². The molecule has 0 heterocycles. The first-order valence-electron chi connectivity index (χ1n) is 7.24. The maximum Gasteiger partial charge on any atom is 0.408 e. The Bertz CT molecular complexity index is 556. The molecule has 0 saturated heterocycles. The maximum atomic E-state index is 12.1. The Morgan fingerprint density at radius 1 is 1.30 bits per heavy atom. The number of benzene rings is 1. The first-order chi connectivity index (χ1) is 10.7. The number of carbonyl (C=O) groups is 2. The van der Waals surface area contributed by atoms with Crippen molar-refractivity contribution in [3.8, 4) is 0 Å². The number of aliphatic hydroxyl groups is 1. The van der Waals surface area contributed by atoms with Gasteiger partial charge < -0.3 is 19.9 Å². The number of rotatable bonds is 5. The van der Waals surface area contributed by atoms with Gasteiger partial charge in [0.05, 0.1) is 6.61 Å². The smallest absolute Gasteiger partial charge is 0.408 e. The topological polar surface area (TPSA) is 84.9 Å². The van der Waals surface area contributed by atoms with Crippen LogP contribution in [0.4, 0.5) is 4.79 Å². The van der Waals surface area contributed by atoms with Crippen LogP contribution in [-0.4, -0.2) is 35.4 Å². The number of carbonyl (C=O) groups excluding carboxylic acids is 2. The van der Waals surface area contributed by atoms with E-state index in [9.17, 15) is 14.7 Å². The molecule has 0 saturated carbocycles. The molecule has 0 aliphatic carbocycles. The zero-order chi connectivity index (χ0) is 17.6. The quantitative estimate of drug-likeness (QED) is 0.803. The van der Waals surface area contributed by atoms with Crippen molar-refractivity contribution in [2.45, 2.75) is 45.4 Å². The van der Waals surface area contributed by atoms with E-state index in [4.69, 9.17) is 21.1 Å².